The van der Waals surface area contributed by atoms with Crippen molar-refractivity contribution in [3.05, 3.63) is 35.0 Å². The van der Waals surface area contributed by atoms with E-state index in [1.54, 1.807) is 0 Å². The van der Waals surface area contributed by atoms with Crippen molar-refractivity contribution >= 4 is 10.9 Å². The molecule has 0 aliphatic rings. The molecule has 0 saturated heterocycles. The van der Waals surface area contributed by atoms with Gasteiger partial charge in [-0.2, -0.15) is 0 Å². The smallest absolute Gasteiger partial charge is 0.0489 e. The standard InChI is InChI=1S/C14H20N2/c1-4-15-8-7-12-9-16-14-11(3)10(2)5-6-13(12)14/h5-6,9,15-16H,4,7-8H2,1-3H3. The molecule has 2 heteroatoms. The van der Waals surface area contributed by atoms with E-state index in [0.717, 1.165) is 19.5 Å². The maximum Gasteiger partial charge on any atom is 0.0489 e. The number of fused-ring (bicyclic) bond motifs is 1. The van der Waals surface area contributed by atoms with Gasteiger partial charge in [0.05, 0.1) is 0 Å². The van der Waals surface area contributed by atoms with Gasteiger partial charge in [-0.3, -0.25) is 0 Å². The molecule has 86 valence electrons. The van der Waals surface area contributed by atoms with E-state index in [4.69, 9.17) is 0 Å². The van der Waals surface area contributed by atoms with Crippen molar-refractivity contribution in [3.8, 4) is 0 Å². The molecule has 0 spiro atoms. The molecule has 2 rings (SSSR count). The fourth-order valence-corrected chi connectivity index (χ4v) is 2.11. The Morgan fingerprint density at radius 2 is 2.06 bits per heavy atom. The summed E-state index contributed by atoms with van der Waals surface area (Å²) >= 11 is 0. The third-order valence-corrected chi connectivity index (χ3v) is 3.29. The second-order valence-corrected chi connectivity index (χ2v) is 4.35. The van der Waals surface area contributed by atoms with Crippen LogP contribution in [0.1, 0.15) is 23.6 Å². The molecule has 0 aliphatic carbocycles. The third kappa shape index (κ3) is 1.98. The van der Waals surface area contributed by atoms with Crippen molar-refractivity contribution in [3.63, 3.8) is 0 Å². The first-order chi connectivity index (χ1) is 7.74. The molecule has 0 radical (unpaired) electrons. The van der Waals surface area contributed by atoms with Crippen molar-refractivity contribution in [2.24, 2.45) is 0 Å². The Morgan fingerprint density at radius 1 is 1.25 bits per heavy atom. The summed E-state index contributed by atoms with van der Waals surface area (Å²) < 4.78 is 0. The third-order valence-electron chi connectivity index (χ3n) is 3.29. The average molecular weight is 216 g/mol. The Balaban J connectivity index is 2.31. The minimum absolute atomic E-state index is 1.04. The van der Waals surface area contributed by atoms with Gasteiger partial charge in [0.2, 0.25) is 0 Å². The number of rotatable bonds is 4. The monoisotopic (exact) mass is 216 g/mol. The molecule has 0 fully saturated rings. The van der Waals surface area contributed by atoms with E-state index >= 15 is 0 Å². The number of aromatic nitrogens is 1. The maximum absolute atomic E-state index is 3.40. The van der Waals surface area contributed by atoms with Crippen molar-refractivity contribution in [2.45, 2.75) is 27.2 Å². The average Bonchev–Trinajstić information content (AvgIpc) is 2.68. The van der Waals surface area contributed by atoms with Gasteiger partial charge >= 0.3 is 0 Å². The van der Waals surface area contributed by atoms with Crippen molar-refractivity contribution < 1.29 is 0 Å². The van der Waals surface area contributed by atoms with E-state index in [1.807, 2.05) is 0 Å². The predicted molar refractivity (Wildman–Crippen MR) is 70.0 cm³/mol. The molecule has 0 saturated carbocycles. The fraction of sp³-hybridized carbons (Fsp3) is 0.429. The summed E-state index contributed by atoms with van der Waals surface area (Å²) in [5.74, 6) is 0. The molecule has 2 N–H and O–H groups in total. The molecule has 0 amide bonds. The quantitative estimate of drug-likeness (QED) is 0.756. The van der Waals surface area contributed by atoms with Gasteiger partial charge in [0.25, 0.3) is 0 Å². The van der Waals surface area contributed by atoms with Gasteiger partial charge in [0, 0.05) is 17.1 Å². The Bertz CT molecular complexity index is 483. The van der Waals surface area contributed by atoms with Gasteiger partial charge in [0.1, 0.15) is 0 Å². The minimum atomic E-state index is 1.04. The van der Waals surface area contributed by atoms with E-state index in [1.165, 1.54) is 27.6 Å². The highest BCUT2D eigenvalue weighted by Gasteiger charge is 2.06. The molecule has 0 atom stereocenters. The number of H-pyrrole nitrogens is 1. The van der Waals surface area contributed by atoms with Crippen LogP contribution in [0.15, 0.2) is 18.3 Å². The summed E-state index contributed by atoms with van der Waals surface area (Å²) in [6.45, 7) is 8.58. The topological polar surface area (TPSA) is 27.8 Å². The lowest BCUT2D eigenvalue weighted by Crippen LogP contribution is -2.15. The zero-order valence-electron chi connectivity index (χ0n) is 10.4. The lowest BCUT2D eigenvalue weighted by molar-refractivity contribution is 0.718. The van der Waals surface area contributed by atoms with E-state index in [9.17, 15) is 0 Å². The highest BCUT2D eigenvalue weighted by molar-refractivity contribution is 5.86. The summed E-state index contributed by atoms with van der Waals surface area (Å²) in [6, 6.07) is 4.44. The molecule has 0 unspecified atom stereocenters. The van der Waals surface area contributed by atoms with Crippen LogP contribution >= 0.6 is 0 Å². The van der Waals surface area contributed by atoms with Crippen LogP contribution in [0.25, 0.3) is 10.9 Å². The van der Waals surface area contributed by atoms with Crippen LogP contribution in [-0.4, -0.2) is 18.1 Å². The number of aromatic amines is 1. The molecule has 1 heterocycles. The van der Waals surface area contributed by atoms with Crippen LogP contribution in [0.3, 0.4) is 0 Å². The van der Waals surface area contributed by atoms with Crippen molar-refractivity contribution in [1.82, 2.24) is 10.3 Å². The SMILES string of the molecule is CCNCCc1c[nH]c2c(C)c(C)ccc12. The maximum atomic E-state index is 3.40. The molecule has 1 aromatic heterocycles. The zero-order valence-corrected chi connectivity index (χ0v) is 10.4. The van der Waals surface area contributed by atoms with Gasteiger partial charge in [-0.15, -0.1) is 0 Å². The molecule has 2 aromatic rings. The van der Waals surface area contributed by atoms with Crippen LogP contribution in [0.5, 0.6) is 0 Å². The Hall–Kier alpha value is -1.28. The van der Waals surface area contributed by atoms with Gasteiger partial charge in [-0.05, 0) is 50.0 Å². The van der Waals surface area contributed by atoms with Crippen LogP contribution in [0.2, 0.25) is 0 Å². The van der Waals surface area contributed by atoms with E-state index < -0.39 is 0 Å². The summed E-state index contributed by atoms with van der Waals surface area (Å²) in [5, 5.41) is 4.74. The molecule has 0 bridgehead atoms. The van der Waals surface area contributed by atoms with Crippen LogP contribution in [-0.2, 0) is 6.42 Å². The Kier molecular flexibility index (Phi) is 3.30. The second kappa shape index (κ2) is 4.71. The van der Waals surface area contributed by atoms with Crippen LogP contribution < -0.4 is 5.32 Å². The molecular weight excluding hydrogens is 196 g/mol. The second-order valence-electron chi connectivity index (χ2n) is 4.35. The van der Waals surface area contributed by atoms with Gasteiger partial charge in [0.15, 0.2) is 0 Å². The molecule has 2 nitrogen and oxygen atoms in total. The first kappa shape index (κ1) is 11.2. The molecule has 1 aromatic carbocycles. The summed E-state index contributed by atoms with van der Waals surface area (Å²) in [4.78, 5) is 3.40. The Morgan fingerprint density at radius 3 is 2.81 bits per heavy atom. The lowest BCUT2D eigenvalue weighted by atomic mass is 10.0. The van der Waals surface area contributed by atoms with Crippen molar-refractivity contribution in [1.29, 1.82) is 0 Å². The number of hydrogen-bond acceptors (Lipinski definition) is 1. The minimum Gasteiger partial charge on any atom is -0.361 e. The van der Waals surface area contributed by atoms with E-state index in [0.29, 0.717) is 0 Å². The number of likely N-dealkylation sites (N-methyl/N-ethyl adjacent to an activating group) is 1. The van der Waals surface area contributed by atoms with Gasteiger partial charge in [-0.1, -0.05) is 19.1 Å². The molecule has 16 heavy (non-hydrogen) atoms. The lowest BCUT2D eigenvalue weighted by Gasteiger charge is -2.03. The number of hydrogen-bond donors (Lipinski definition) is 2. The summed E-state index contributed by atoms with van der Waals surface area (Å²) in [5.41, 5.74) is 5.44. The predicted octanol–water partition coefficient (Wildman–Crippen LogP) is 2.94. The molecular formula is C14H20N2. The van der Waals surface area contributed by atoms with Gasteiger partial charge < -0.3 is 10.3 Å². The first-order valence-electron chi connectivity index (χ1n) is 6.01. The van der Waals surface area contributed by atoms with E-state index in [2.05, 4.69) is 49.4 Å². The van der Waals surface area contributed by atoms with Crippen LogP contribution in [0.4, 0.5) is 0 Å². The zero-order chi connectivity index (χ0) is 11.5. The summed E-state index contributed by atoms with van der Waals surface area (Å²) in [7, 11) is 0. The number of nitrogens with one attached hydrogen (secondary N) is 2. The Labute approximate surface area is 97.1 Å². The number of benzene rings is 1. The summed E-state index contributed by atoms with van der Waals surface area (Å²) in [6.07, 6.45) is 3.24. The highest BCUT2D eigenvalue weighted by Crippen LogP contribution is 2.23. The van der Waals surface area contributed by atoms with E-state index in [-0.39, 0.29) is 0 Å². The van der Waals surface area contributed by atoms with Gasteiger partial charge in [-0.25, -0.2) is 0 Å². The van der Waals surface area contributed by atoms with Crippen LogP contribution in [0, 0.1) is 13.8 Å². The number of aryl methyl sites for hydroxylation is 2. The highest BCUT2D eigenvalue weighted by atomic mass is 14.8. The largest absolute Gasteiger partial charge is 0.361 e. The fourth-order valence-electron chi connectivity index (χ4n) is 2.11. The first-order valence-corrected chi connectivity index (χ1v) is 6.01. The van der Waals surface area contributed by atoms with Crippen molar-refractivity contribution in [2.75, 3.05) is 13.1 Å². The normalized spacial score (nSPS) is 11.2. The molecule has 0 aliphatic heterocycles.